The smallest absolute Gasteiger partial charge is 0.139 e. The van der Waals surface area contributed by atoms with E-state index in [1.54, 1.807) is 7.11 Å². The first-order valence-corrected chi connectivity index (χ1v) is 6.49. The Bertz CT molecular complexity index is 790. The molecule has 0 radical (unpaired) electrons. The molecule has 0 unspecified atom stereocenters. The molecule has 102 valence electrons. The number of benzene rings is 1. The molecule has 0 aliphatic heterocycles. The van der Waals surface area contributed by atoms with Crippen LogP contribution in [0.4, 0.5) is 5.82 Å². The van der Waals surface area contributed by atoms with Crippen LogP contribution in [0.15, 0.2) is 36.5 Å². The third kappa shape index (κ3) is 1.90. The van der Waals surface area contributed by atoms with Crippen LogP contribution in [0, 0.1) is 13.8 Å². The number of nitrogens with zero attached hydrogens (tertiary/aromatic N) is 2. The minimum atomic E-state index is 0.657. The van der Waals surface area contributed by atoms with Crippen LogP contribution in [-0.2, 0) is 0 Å². The van der Waals surface area contributed by atoms with E-state index in [4.69, 9.17) is 10.5 Å². The topological polar surface area (TPSA) is 52.5 Å². The van der Waals surface area contributed by atoms with Crippen LogP contribution < -0.4 is 10.5 Å². The van der Waals surface area contributed by atoms with Crippen molar-refractivity contribution in [1.82, 2.24) is 9.38 Å². The van der Waals surface area contributed by atoms with E-state index in [0.29, 0.717) is 5.82 Å². The molecule has 20 heavy (non-hydrogen) atoms. The Balaban J connectivity index is 2.19. The molecule has 0 saturated carbocycles. The summed E-state index contributed by atoms with van der Waals surface area (Å²) in [6.45, 7) is 4.06. The van der Waals surface area contributed by atoms with E-state index in [-0.39, 0.29) is 0 Å². The predicted molar refractivity (Wildman–Crippen MR) is 81.1 cm³/mol. The van der Waals surface area contributed by atoms with Gasteiger partial charge in [-0.25, -0.2) is 4.98 Å². The van der Waals surface area contributed by atoms with Crippen molar-refractivity contribution in [2.75, 3.05) is 12.8 Å². The summed E-state index contributed by atoms with van der Waals surface area (Å²) >= 11 is 0. The van der Waals surface area contributed by atoms with Gasteiger partial charge in [0.1, 0.15) is 22.9 Å². The number of anilines is 1. The molecule has 1 aromatic carbocycles. The van der Waals surface area contributed by atoms with Crippen molar-refractivity contribution >= 4 is 11.5 Å². The molecule has 4 nitrogen and oxygen atoms in total. The van der Waals surface area contributed by atoms with Crippen LogP contribution in [0.2, 0.25) is 0 Å². The molecule has 3 aromatic rings. The average Bonchev–Trinajstić information content (AvgIpc) is 2.75. The number of aromatic nitrogens is 2. The lowest BCUT2D eigenvalue weighted by Crippen LogP contribution is -1.94. The first-order valence-electron chi connectivity index (χ1n) is 6.49. The van der Waals surface area contributed by atoms with Gasteiger partial charge < -0.3 is 10.5 Å². The number of nitrogens with two attached hydrogens (primary N) is 1. The third-order valence-corrected chi connectivity index (χ3v) is 3.49. The summed E-state index contributed by atoms with van der Waals surface area (Å²) in [6.07, 6.45) is 1.95. The zero-order chi connectivity index (χ0) is 14.3. The van der Waals surface area contributed by atoms with Gasteiger partial charge in [0.15, 0.2) is 0 Å². The summed E-state index contributed by atoms with van der Waals surface area (Å²) in [5.41, 5.74) is 11.1. The second kappa shape index (κ2) is 4.56. The second-order valence-corrected chi connectivity index (χ2v) is 4.96. The molecule has 0 saturated heterocycles. The van der Waals surface area contributed by atoms with Crippen molar-refractivity contribution in [3.05, 3.63) is 47.7 Å². The number of fused-ring (bicyclic) bond motifs is 1. The summed E-state index contributed by atoms with van der Waals surface area (Å²) in [4.78, 5) is 4.64. The van der Waals surface area contributed by atoms with Gasteiger partial charge in [0.2, 0.25) is 0 Å². The molecule has 4 heteroatoms. The number of imidazole rings is 1. The van der Waals surface area contributed by atoms with Crippen molar-refractivity contribution in [2.45, 2.75) is 13.8 Å². The number of methoxy groups -OCH3 is 1. The molecule has 0 aliphatic carbocycles. The quantitative estimate of drug-likeness (QED) is 0.775. The van der Waals surface area contributed by atoms with Crippen LogP contribution in [0.3, 0.4) is 0 Å². The van der Waals surface area contributed by atoms with Gasteiger partial charge in [0.05, 0.1) is 7.11 Å². The molecule has 2 N–H and O–H groups in total. The van der Waals surface area contributed by atoms with Crippen molar-refractivity contribution in [3.63, 3.8) is 0 Å². The number of ether oxygens (including phenoxy) is 1. The summed E-state index contributed by atoms with van der Waals surface area (Å²) < 4.78 is 7.19. The Labute approximate surface area is 117 Å². The van der Waals surface area contributed by atoms with Crippen molar-refractivity contribution in [2.24, 2.45) is 0 Å². The number of aryl methyl sites for hydroxylation is 2. The molecule has 2 heterocycles. The van der Waals surface area contributed by atoms with Gasteiger partial charge in [0, 0.05) is 11.8 Å². The van der Waals surface area contributed by atoms with E-state index in [1.807, 2.05) is 54.8 Å². The molecular formula is C16H17N3O. The number of hydrogen-bond acceptors (Lipinski definition) is 3. The minimum absolute atomic E-state index is 0.657. The van der Waals surface area contributed by atoms with E-state index in [9.17, 15) is 0 Å². The van der Waals surface area contributed by atoms with Gasteiger partial charge in [-0.05, 0) is 55.3 Å². The van der Waals surface area contributed by atoms with Gasteiger partial charge >= 0.3 is 0 Å². The van der Waals surface area contributed by atoms with Crippen LogP contribution in [0.5, 0.6) is 5.75 Å². The highest BCUT2D eigenvalue weighted by Crippen LogP contribution is 2.30. The highest BCUT2D eigenvalue weighted by atomic mass is 16.5. The largest absolute Gasteiger partial charge is 0.496 e. The fourth-order valence-electron chi connectivity index (χ4n) is 2.40. The maximum atomic E-state index is 6.21. The summed E-state index contributed by atoms with van der Waals surface area (Å²) in [7, 11) is 1.67. The Morgan fingerprint density at radius 2 is 1.95 bits per heavy atom. The fraction of sp³-hybridized carbons (Fsp3) is 0.188. The van der Waals surface area contributed by atoms with Gasteiger partial charge in [0.25, 0.3) is 0 Å². The van der Waals surface area contributed by atoms with Crippen LogP contribution >= 0.6 is 0 Å². The maximum absolute atomic E-state index is 6.21. The Morgan fingerprint density at radius 3 is 2.65 bits per heavy atom. The highest BCUT2D eigenvalue weighted by molar-refractivity contribution is 5.76. The average molecular weight is 267 g/mol. The molecule has 0 spiro atoms. The van der Waals surface area contributed by atoms with Gasteiger partial charge in [-0.15, -0.1) is 0 Å². The highest BCUT2D eigenvalue weighted by Gasteiger charge is 2.12. The fourth-order valence-corrected chi connectivity index (χ4v) is 2.40. The number of hydrogen-bond donors (Lipinski definition) is 1. The normalized spacial score (nSPS) is 10.9. The van der Waals surface area contributed by atoms with Crippen LogP contribution in [-0.4, -0.2) is 16.5 Å². The molecule has 0 atom stereocenters. The van der Waals surface area contributed by atoms with Crippen LogP contribution in [0.1, 0.15) is 11.1 Å². The lowest BCUT2D eigenvalue weighted by atomic mass is 10.1. The van der Waals surface area contributed by atoms with Gasteiger partial charge in [-0.1, -0.05) is 0 Å². The second-order valence-electron chi connectivity index (χ2n) is 4.96. The first kappa shape index (κ1) is 12.5. The van der Waals surface area contributed by atoms with Crippen molar-refractivity contribution in [3.8, 4) is 17.0 Å². The molecular weight excluding hydrogens is 250 g/mol. The van der Waals surface area contributed by atoms with Gasteiger partial charge in [-0.2, -0.15) is 0 Å². The molecule has 3 rings (SSSR count). The Kier molecular flexibility index (Phi) is 2.86. The molecule has 0 fully saturated rings. The summed E-state index contributed by atoms with van der Waals surface area (Å²) in [5, 5.41) is 0. The van der Waals surface area contributed by atoms with Gasteiger partial charge in [-0.3, -0.25) is 4.40 Å². The number of nitrogen functional groups attached to an aromatic ring is 1. The summed E-state index contributed by atoms with van der Waals surface area (Å²) in [5.74, 6) is 1.52. The first-order chi connectivity index (χ1) is 9.60. The van der Waals surface area contributed by atoms with Crippen LogP contribution in [0.25, 0.3) is 16.9 Å². The van der Waals surface area contributed by atoms with Crippen molar-refractivity contribution < 1.29 is 4.74 Å². The van der Waals surface area contributed by atoms with E-state index in [0.717, 1.165) is 28.2 Å². The Hall–Kier alpha value is -2.49. The molecule has 2 aromatic heterocycles. The van der Waals surface area contributed by atoms with E-state index in [2.05, 4.69) is 4.98 Å². The molecule has 0 bridgehead atoms. The zero-order valence-electron chi connectivity index (χ0n) is 11.8. The number of rotatable bonds is 2. The van der Waals surface area contributed by atoms with E-state index >= 15 is 0 Å². The minimum Gasteiger partial charge on any atom is -0.496 e. The molecule has 0 aliphatic rings. The van der Waals surface area contributed by atoms with E-state index < -0.39 is 0 Å². The third-order valence-electron chi connectivity index (χ3n) is 3.49. The number of pyridine rings is 1. The molecule has 0 amide bonds. The monoisotopic (exact) mass is 267 g/mol. The maximum Gasteiger partial charge on any atom is 0.139 e. The van der Waals surface area contributed by atoms with Crippen molar-refractivity contribution in [1.29, 1.82) is 0 Å². The predicted octanol–water partition coefficient (Wildman–Crippen LogP) is 3.21. The standard InChI is InChI=1S/C16H17N3O/c1-10-6-7-19-14(8-10)18-15(16(19)17)12-4-5-13(20-3)11(2)9-12/h4-9H,17H2,1-3H3. The van der Waals surface area contributed by atoms with E-state index in [1.165, 1.54) is 5.56 Å². The SMILES string of the molecule is COc1ccc(-c2nc3cc(C)ccn3c2N)cc1C. The Morgan fingerprint density at radius 1 is 1.15 bits per heavy atom. The zero-order valence-corrected chi connectivity index (χ0v) is 11.8. The summed E-state index contributed by atoms with van der Waals surface area (Å²) in [6, 6.07) is 10.0. The lowest BCUT2D eigenvalue weighted by molar-refractivity contribution is 0.412. The lowest BCUT2D eigenvalue weighted by Gasteiger charge is -2.06.